The lowest BCUT2D eigenvalue weighted by molar-refractivity contribution is 0.0697. The number of rotatable bonds is 6. The van der Waals surface area contributed by atoms with Crippen LogP contribution in [0.5, 0.6) is 5.75 Å². The Kier molecular flexibility index (Phi) is 5.96. The normalized spacial score (nSPS) is 10.7. The summed E-state index contributed by atoms with van der Waals surface area (Å²) < 4.78 is 5.51. The van der Waals surface area contributed by atoms with Gasteiger partial charge in [0, 0.05) is 17.3 Å². The molecule has 0 atom stereocenters. The van der Waals surface area contributed by atoms with E-state index in [1.54, 1.807) is 31.5 Å². The fourth-order valence-corrected chi connectivity index (χ4v) is 3.41. The first kappa shape index (κ1) is 19.9. The number of aromatic nitrogens is 2. The van der Waals surface area contributed by atoms with Gasteiger partial charge in [-0.05, 0) is 54.1 Å². The van der Waals surface area contributed by atoms with Gasteiger partial charge in [-0.2, -0.15) is 0 Å². The molecular formula is C21H20N2O4S. The standard InChI is InChI=1S/C21H20N2O4S/c1-12-8-14(20(25)26)4-6-15(12)13-5-7-19(27-2)16(9-13)17-10-22-21(28-3)23-18(17)11-24/h4-10,24H,11H2,1-3H3,(H,25,26). The maximum atomic E-state index is 11.2. The van der Waals surface area contributed by atoms with Crippen LogP contribution < -0.4 is 4.74 Å². The average Bonchev–Trinajstić information content (AvgIpc) is 2.72. The van der Waals surface area contributed by atoms with Gasteiger partial charge in [-0.3, -0.25) is 0 Å². The van der Waals surface area contributed by atoms with Gasteiger partial charge in [-0.25, -0.2) is 14.8 Å². The average molecular weight is 396 g/mol. The van der Waals surface area contributed by atoms with Crippen molar-refractivity contribution in [3.8, 4) is 28.0 Å². The predicted octanol–water partition coefficient (Wildman–Crippen LogP) is 4.04. The quantitative estimate of drug-likeness (QED) is 0.480. The van der Waals surface area contributed by atoms with E-state index in [0.717, 1.165) is 22.3 Å². The Morgan fingerprint density at radius 1 is 1.14 bits per heavy atom. The van der Waals surface area contributed by atoms with E-state index in [0.29, 0.717) is 22.2 Å². The number of aliphatic hydroxyl groups excluding tert-OH is 1. The van der Waals surface area contributed by atoms with Crippen molar-refractivity contribution in [3.05, 3.63) is 59.4 Å². The zero-order valence-electron chi connectivity index (χ0n) is 15.8. The number of hydrogen-bond donors (Lipinski definition) is 2. The maximum Gasteiger partial charge on any atom is 0.335 e. The minimum absolute atomic E-state index is 0.217. The molecule has 0 spiro atoms. The fraction of sp³-hybridized carbons (Fsp3) is 0.190. The molecule has 0 aliphatic carbocycles. The molecule has 1 aromatic heterocycles. The van der Waals surface area contributed by atoms with Gasteiger partial charge in [0.05, 0.1) is 25.0 Å². The highest BCUT2D eigenvalue weighted by Crippen LogP contribution is 2.36. The largest absolute Gasteiger partial charge is 0.496 e. The summed E-state index contributed by atoms with van der Waals surface area (Å²) in [7, 11) is 1.58. The molecule has 0 amide bonds. The number of benzene rings is 2. The van der Waals surface area contributed by atoms with Gasteiger partial charge < -0.3 is 14.9 Å². The van der Waals surface area contributed by atoms with Crippen molar-refractivity contribution in [3.63, 3.8) is 0 Å². The molecule has 1 heterocycles. The molecule has 7 heteroatoms. The van der Waals surface area contributed by atoms with Crippen molar-refractivity contribution in [1.29, 1.82) is 0 Å². The second-order valence-electron chi connectivity index (χ2n) is 6.13. The number of methoxy groups -OCH3 is 1. The van der Waals surface area contributed by atoms with Crippen LogP contribution in [0.1, 0.15) is 21.6 Å². The Hall–Kier alpha value is -2.90. The van der Waals surface area contributed by atoms with Crippen molar-refractivity contribution in [1.82, 2.24) is 9.97 Å². The van der Waals surface area contributed by atoms with Crippen molar-refractivity contribution in [2.75, 3.05) is 13.4 Å². The van der Waals surface area contributed by atoms with Crippen LogP contribution in [0.4, 0.5) is 0 Å². The number of aryl methyl sites for hydroxylation is 1. The SMILES string of the molecule is COc1ccc(-c2ccc(C(=O)O)cc2C)cc1-c1cnc(SC)nc1CO. The van der Waals surface area contributed by atoms with Crippen molar-refractivity contribution >= 4 is 17.7 Å². The summed E-state index contributed by atoms with van der Waals surface area (Å²) in [4.78, 5) is 19.9. The number of aromatic carboxylic acids is 1. The summed E-state index contributed by atoms with van der Waals surface area (Å²) >= 11 is 1.41. The van der Waals surface area contributed by atoms with E-state index in [1.807, 2.05) is 31.4 Å². The molecule has 3 aromatic rings. The summed E-state index contributed by atoms with van der Waals surface area (Å²) in [6.07, 6.45) is 3.56. The summed E-state index contributed by atoms with van der Waals surface area (Å²) in [6.45, 7) is 1.66. The molecule has 2 aromatic carbocycles. The topological polar surface area (TPSA) is 92.5 Å². The molecule has 0 unspecified atom stereocenters. The van der Waals surface area contributed by atoms with E-state index >= 15 is 0 Å². The highest BCUT2D eigenvalue weighted by molar-refractivity contribution is 7.98. The Labute approximate surface area is 167 Å². The van der Waals surface area contributed by atoms with Crippen LogP contribution in [-0.2, 0) is 6.61 Å². The Morgan fingerprint density at radius 3 is 2.54 bits per heavy atom. The van der Waals surface area contributed by atoms with Crippen LogP contribution in [0.2, 0.25) is 0 Å². The highest BCUT2D eigenvalue weighted by atomic mass is 32.2. The maximum absolute atomic E-state index is 11.2. The third-order valence-electron chi connectivity index (χ3n) is 4.45. The monoisotopic (exact) mass is 396 g/mol. The second-order valence-corrected chi connectivity index (χ2v) is 6.90. The number of carbonyl (C=O) groups is 1. The van der Waals surface area contributed by atoms with E-state index in [1.165, 1.54) is 11.8 Å². The summed E-state index contributed by atoms with van der Waals surface area (Å²) in [5.74, 6) is -0.317. The fourth-order valence-electron chi connectivity index (χ4n) is 3.05. The van der Waals surface area contributed by atoms with Crippen LogP contribution in [-0.4, -0.2) is 39.5 Å². The van der Waals surface area contributed by atoms with E-state index in [2.05, 4.69) is 9.97 Å². The van der Waals surface area contributed by atoms with Gasteiger partial charge in [0.2, 0.25) is 0 Å². The van der Waals surface area contributed by atoms with Gasteiger partial charge in [0.15, 0.2) is 5.16 Å². The molecule has 0 saturated heterocycles. The lowest BCUT2D eigenvalue weighted by Gasteiger charge is -2.15. The lowest BCUT2D eigenvalue weighted by Crippen LogP contribution is -2.00. The Bertz CT molecular complexity index is 1040. The van der Waals surface area contributed by atoms with Gasteiger partial charge in [0.1, 0.15) is 5.75 Å². The van der Waals surface area contributed by atoms with Crippen LogP contribution in [0.25, 0.3) is 22.3 Å². The molecule has 0 aliphatic rings. The third kappa shape index (κ3) is 3.85. The molecule has 2 N–H and O–H groups in total. The molecule has 0 bridgehead atoms. The number of thioether (sulfide) groups is 1. The highest BCUT2D eigenvalue weighted by Gasteiger charge is 2.15. The summed E-state index contributed by atoms with van der Waals surface area (Å²) in [5.41, 5.74) is 4.90. The molecule has 0 fully saturated rings. The number of carboxylic acid groups (broad SMARTS) is 1. The number of ether oxygens (including phenoxy) is 1. The number of hydrogen-bond acceptors (Lipinski definition) is 6. The third-order valence-corrected chi connectivity index (χ3v) is 5.01. The molecular weight excluding hydrogens is 376 g/mol. The molecule has 6 nitrogen and oxygen atoms in total. The van der Waals surface area contributed by atoms with Crippen LogP contribution in [0.15, 0.2) is 47.8 Å². The van der Waals surface area contributed by atoms with Crippen LogP contribution in [0.3, 0.4) is 0 Å². The predicted molar refractivity (Wildman–Crippen MR) is 109 cm³/mol. The van der Waals surface area contributed by atoms with E-state index in [9.17, 15) is 15.0 Å². The van der Waals surface area contributed by atoms with Crippen LogP contribution in [0, 0.1) is 6.92 Å². The molecule has 0 aliphatic heterocycles. The van der Waals surface area contributed by atoms with E-state index in [-0.39, 0.29) is 12.2 Å². The first-order valence-electron chi connectivity index (χ1n) is 8.52. The van der Waals surface area contributed by atoms with Gasteiger partial charge in [-0.1, -0.05) is 23.9 Å². The van der Waals surface area contributed by atoms with Crippen molar-refractivity contribution in [2.24, 2.45) is 0 Å². The van der Waals surface area contributed by atoms with Crippen molar-refractivity contribution in [2.45, 2.75) is 18.7 Å². The van der Waals surface area contributed by atoms with Gasteiger partial charge >= 0.3 is 5.97 Å². The second kappa shape index (κ2) is 8.41. The smallest absolute Gasteiger partial charge is 0.335 e. The lowest BCUT2D eigenvalue weighted by atomic mass is 9.94. The zero-order chi connectivity index (χ0) is 20.3. The minimum atomic E-state index is -0.955. The molecule has 0 saturated carbocycles. The van der Waals surface area contributed by atoms with E-state index < -0.39 is 5.97 Å². The number of carboxylic acids is 1. The molecule has 3 rings (SSSR count). The Balaban J connectivity index is 2.15. The molecule has 0 radical (unpaired) electrons. The summed E-state index contributed by atoms with van der Waals surface area (Å²) in [6, 6.07) is 10.7. The van der Waals surface area contributed by atoms with Crippen molar-refractivity contribution < 1.29 is 19.7 Å². The molecule has 144 valence electrons. The number of aliphatic hydroxyl groups is 1. The van der Waals surface area contributed by atoms with Gasteiger partial charge in [0.25, 0.3) is 0 Å². The van der Waals surface area contributed by atoms with Crippen LogP contribution >= 0.6 is 11.8 Å². The first-order valence-corrected chi connectivity index (χ1v) is 9.74. The molecule has 28 heavy (non-hydrogen) atoms. The van der Waals surface area contributed by atoms with E-state index in [4.69, 9.17) is 4.74 Å². The first-order chi connectivity index (χ1) is 13.5. The minimum Gasteiger partial charge on any atom is -0.496 e. The summed E-state index contributed by atoms with van der Waals surface area (Å²) in [5, 5.41) is 19.5. The van der Waals surface area contributed by atoms with Gasteiger partial charge in [-0.15, -0.1) is 0 Å². The zero-order valence-corrected chi connectivity index (χ0v) is 16.6. The Morgan fingerprint density at radius 2 is 1.93 bits per heavy atom. The number of nitrogens with zero attached hydrogens (tertiary/aromatic N) is 2.